The monoisotopic (exact) mass is 332 g/mol. The fourth-order valence-corrected chi connectivity index (χ4v) is 2.41. The van der Waals surface area contributed by atoms with E-state index in [2.05, 4.69) is 10.4 Å². The molecular weight excluding hydrogens is 319 g/mol. The van der Waals surface area contributed by atoms with E-state index in [1.54, 1.807) is 0 Å². The largest absolute Gasteiger partial charge is 0.469 e. The number of aliphatic hydroxyl groups is 1. The molecule has 0 saturated carbocycles. The van der Waals surface area contributed by atoms with Crippen molar-refractivity contribution in [3.8, 4) is 12.3 Å². The summed E-state index contributed by atoms with van der Waals surface area (Å²) < 4.78 is 21.2. The highest BCUT2D eigenvalue weighted by Crippen LogP contribution is 2.38. The van der Waals surface area contributed by atoms with Crippen LogP contribution in [0.3, 0.4) is 0 Å². The van der Waals surface area contributed by atoms with Gasteiger partial charge in [-0.1, -0.05) is 5.92 Å². The SMILES string of the molecule is C#Cc1cn([C@@H]2O[C@H](COP(=O)(O)O)C[C@H]2O)c(=O)[nH]c1=O. The summed E-state index contributed by atoms with van der Waals surface area (Å²) in [4.78, 5) is 42.4. The Morgan fingerprint density at radius 1 is 1.55 bits per heavy atom. The van der Waals surface area contributed by atoms with Gasteiger partial charge in [-0.05, 0) is 0 Å². The Morgan fingerprint density at radius 3 is 2.82 bits per heavy atom. The van der Waals surface area contributed by atoms with Crippen LogP contribution in [0.5, 0.6) is 0 Å². The Hall–Kier alpha value is -1.73. The van der Waals surface area contributed by atoms with Crippen molar-refractivity contribution in [2.45, 2.75) is 24.9 Å². The molecule has 1 fully saturated rings. The smallest absolute Gasteiger partial charge is 0.388 e. The molecule has 120 valence electrons. The molecule has 1 aromatic rings. The summed E-state index contributed by atoms with van der Waals surface area (Å²) in [7, 11) is -4.66. The highest BCUT2D eigenvalue weighted by Gasteiger charge is 2.37. The molecule has 4 N–H and O–H groups in total. The maximum Gasteiger partial charge on any atom is 0.469 e. The third-order valence-electron chi connectivity index (χ3n) is 2.99. The first-order valence-electron chi connectivity index (χ1n) is 6.07. The second kappa shape index (κ2) is 6.18. The van der Waals surface area contributed by atoms with Gasteiger partial charge in [0.25, 0.3) is 5.56 Å². The number of aliphatic hydroxyl groups excluding tert-OH is 1. The molecule has 0 bridgehead atoms. The number of hydrogen-bond acceptors (Lipinski definition) is 6. The number of terminal acetylenes is 1. The number of H-pyrrole nitrogens is 1. The number of nitrogens with one attached hydrogen (secondary N) is 1. The van der Waals surface area contributed by atoms with Crippen molar-refractivity contribution >= 4 is 7.82 Å². The van der Waals surface area contributed by atoms with Crippen LogP contribution in [0.1, 0.15) is 18.2 Å². The minimum absolute atomic E-state index is 0.0123. The lowest BCUT2D eigenvalue weighted by Crippen LogP contribution is -2.36. The molecule has 0 aliphatic carbocycles. The Labute approximate surface area is 123 Å². The van der Waals surface area contributed by atoms with Crippen LogP contribution in [0.15, 0.2) is 15.8 Å². The number of nitrogens with zero attached hydrogens (tertiary/aromatic N) is 1. The lowest BCUT2D eigenvalue weighted by molar-refractivity contribution is -0.0525. The number of rotatable bonds is 4. The van der Waals surface area contributed by atoms with Crippen molar-refractivity contribution in [1.29, 1.82) is 0 Å². The van der Waals surface area contributed by atoms with Gasteiger partial charge in [0.05, 0.1) is 12.7 Å². The van der Waals surface area contributed by atoms with Crippen molar-refractivity contribution in [3.05, 3.63) is 32.6 Å². The highest BCUT2D eigenvalue weighted by molar-refractivity contribution is 7.46. The number of aromatic amines is 1. The molecule has 22 heavy (non-hydrogen) atoms. The maximum absolute atomic E-state index is 11.8. The molecule has 1 saturated heterocycles. The first kappa shape index (κ1) is 16.6. The van der Waals surface area contributed by atoms with Gasteiger partial charge in [-0.2, -0.15) is 0 Å². The van der Waals surface area contributed by atoms with Crippen LogP contribution in [0.2, 0.25) is 0 Å². The number of hydrogen-bond donors (Lipinski definition) is 4. The van der Waals surface area contributed by atoms with Gasteiger partial charge in [-0.25, -0.2) is 9.36 Å². The molecule has 11 heteroatoms. The summed E-state index contributed by atoms with van der Waals surface area (Å²) in [6.07, 6.45) is 3.07. The van der Waals surface area contributed by atoms with Gasteiger partial charge in [0.15, 0.2) is 6.23 Å². The number of ether oxygens (including phenoxy) is 1. The average Bonchev–Trinajstić information content (AvgIpc) is 2.77. The molecule has 0 spiro atoms. The predicted octanol–water partition coefficient (Wildman–Crippen LogP) is -1.72. The summed E-state index contributed by atoms with van der Waals surface area (Å²) in [6.45, 7) is -0.460. The molecule has 3 atom stereocenters. The van der Waals surface area contributed by atoms with Crippen molar-refractivity contribution in [2.75, 3.05) is 6.61 Å². The van der Waals surface area contributed by atoms with Crippen LogP contribution in [0.4, 0.5) is 0 Å². The Morgan fingerprint density at radius 2 is 2.23 bits per heavy atom. The lowest BCUT2D eigenvalue weighted by Gasteiger charge is -2.17. The molecule has 2 heterocycles. The van der Waals surface area contributed by atoms with Gasteiger partial charge in [-0.15, -0.1) is 6.42 Å². The summed E-state index contributed by atoms with van der Waals surface area (Å²) in [5.41, 5.74) is -1.69. The van der Waals surface area contributed by atoms with Crippen LogP contribution in [-0.4, -0.2) is 43.3 Å². The van der Waals surface area contributed by atoms with Crippen LogP contribution < -0.4 is 11.2 Å². The number of phosphoric ester groups is 1. The summed E-state index contributed by atoms with van der Waals surface area (Å²) in [5.74, 6) is 2.09. The van der Waals surface area contributed by atoms with Crippen LogP contribution in [-0.2, 0) is 13.8 Å². The molecule has 10 nitrogen and oxygen atoms in total. The molecule has 0 aromatic carbocycles. The quantitative estimate of drug-likeness (QED) is 0.375. The number of phosphoric acid groups is 1. The summed E-state index contributed by atoms with van der Waals surface area (Å²) in [6, 6.07) is 0. The van der Waals surface area contributed by atoms with E-state index in [4.69, 9.17) is 20.9 Å². The van der Waals surface area contributed by atoms with Gasteiger partial charge in [0.1, 0.15) is 11.7 Å². The maximum atomic E-state index is 11.8. The van der Waals surface area contributed by atoms with Gasteiger partial charge >= 0.3 is 13.5 Å². The molecule has 2 rings (SSSR count). The third-order valence-corrected chi connectivity index (χ3v) is 3.48. The topological polar surface area (TPSA) is 151 Å². The fourth-order valence-electron chi connectivity index (χ4n) is 2.04. The van der Waals surface area contributed by atoms with E-state index in [1.807, 2.05) is 4.98 Å². The summed E-state index contributed by atoms with van der Waals surface area (Å²) in [5, 5.41) is 9.92. The minimum atomic E-state index is -4.66. The van der Waals surface area contributed by atoms with Crippen LogP contribution >= 0.6 is 7.82 Å². The zero-order chi connectivity index (χ0) is 16.5. The molecule has 0 unspecified atom stereocenters. The van der Waals surface area contributed by atoms with E-state index >= 15 is 0 Å². The zero-order valence-electron chi connectivity index (χ0n) is 11.1. The van der Waals surface area contributed by atoms with Crippen molar-refractivity contribution in [1.82, 2.24) is 9.55 Å². The second-order valence-corrected chi connectivity index (χ2v) is 5.83. The fraction of sp³-hybridized carbons (Fsp3) is 0.455. The van der Waals surface area contributed by atoms with E-state index in [0.29, 0.717) is 0 Å². The predicted molar refractivity (Wildman–Crippen MR) is 71.8 cm³/mol. The average molecular weight is 332 g/mol. The Bertz CT molecular complexity index is 757. The lowest BCUT2D eigenvalue weighted by atomic mass is 10.2. The Balaban J connectivity index is 2.21. The first-order chi connectivity index (χ1) is 10.2. The van der Waals surface area contributed by atoms with E-state index < -0.39 is 44.1 Å². The standard InChI is InChI=1S/C11H13N2O8P/c1-2-6-4-13(11(16)12-9(6)15)10-8(14)3-7(21-10)5-20-22(17,18)19/h1,4,7-8,10,14H,3,5H2,(H,12,15,16)(H2,17,18,19)/t7-,8+,10+/m0/s1. The molecule has 0 amide bonds. The Kier molecular flexibility index (Phi) is 4.67. The summed E-state index contributed by atoms with van der Waals surface area (Å²) >= 11 is 0. The van der Waals surface area contributed by atoms with Crippen molar-refractivity contribution < 1.29 is 28.7 Å². The van der Waals surface area contributed by atoms with Gasteiger partial charge < -0.3 is 19.6 Å². The van der Waals surface area contributed by atoms with Crippen LogP contribution in [0, 0.1) is 12.3 Å². The van der Waals surface area contributed by atoms with Crippen molar-refractivity contribution in [3.63, 3.8) is 0 Å². The van der Waals surface area contributed by atoms with Crippen molar-refractivity contribution in [2.24, 2.45) is 0 Å². The van der Waals surface area contributed by atoms with Gasteiger partial charge in [-0.3, -0.25) is 18.9 Å². The molecule has 1 aliphatic heterocycles. The van der Waals surface area contributed by atoms with E-state index in [-0.39, 0.29) is 12.0 Å². The normalized spacial score (nSPS) is 25.1. The molecule has 1 aliphatic rings. The third kappa shape index (κ3) is 3.72. The minimum Gasteiger partial charge on any atom is -0.388 e. The zero-order valence-corrected chi connectivity index (χ0v) is 12.0. The van der Waals surface area contributed by atoms with E-state index in [1.165, 1.54) is 0 Å². The molecule has 0 radical (unpaired) electrons. The van der Waals surface area contributed by atoms with E-state index in [0.717, 1.165) is 10.8 Å². The van der Waals surface area contributed by atoms with Gasteiger partial charge in [0.2, 0.25) is 0 Å². The van der Waals surface area contributed by atoms with Crippen LogP contribution in [0.25, 0.3) is 0 Å². The van der Waals surface area contributed by atoms with E-state index in [9.17, 15) is 19.3 Å². The molecular formula is C11H13N2O8P. The highest BCUT2D eigenvalue weighted by atomic mass is 31.2. The molecule has 1 aromatic heterocycles. The first-order valence-corrected chi connectivity index (χ1v) is 7.60. The number of aromatic nitrogens is 2. The second-order valence-electron chi connectivity index (χ2n) is 4.59. The van der Waals surface area contributed by atoms with Gasteiger partial charge in [0, 0.05) is 12.6 Å².